The standard InChI is InChI=1S/C32H44O5S.C20H20O6.C20H20O5/c1-2-3-4-5-6-7-8-9-10-17-22-38-31(34)24-29(32(35)37-26-28-20-15-12-16-21-28)23-30(33)36-25-27-18-13-11-14-19-27;21-18(22)11-17(20(24)26-14-16-9-5-2-6-10-16)12-19(23)25-13-15-7-3-1-4-8-15;21-12-11-18(20(23)25-15-17-9-5-2-6-10-17)13-19(22)24-14-16-7-3-1-4-8-16/h11-16,18-21,29H,2-10,17,22-26H2,1H3;1-10,17H,11-14H2,(H,21,22);1-10,12,18H,11,13-15H2/t29-;17-;18-/m011/s1. The van der Waals surface area contributed by atoms with Crippen LogP contribution in [0.5, 0.6) is 0 Å². The van der Waals surface area contributed by atoms with Crippen LogP contribution in [0, 0.1) is 17.8 Å². The van der Waals surface area contributed by atoms with E-state index < -0.39 is 66.0 Å². The normalized spacial score (nSPS) is 11.5. The quantitative estimate of drug-likeness (QED) is 0.0164. The van der Waals surface area contributed by atoms with Crippen LogP contribution >= 0.6 is 11.8 Å². The number of rotatable bonds is 38. The molecular formula is C72H84O16S. The molecule has 89 heavy (non-hydrogen) atoms. The number of ether oxygens (including phenoxy) is 6. The van der Waals surface area contributed by atoms with Gasteiger partial charge in [0.25, 0.3) is 0 Å². The molecule has 0 unspecified atom stereocenters. The lowest BCUT2D eigenvalue weighted by Crippen LogP contribution is -2.24. The van der Waals surface area contributed by atoms with Crippen molar-refractivity contribution in [3.05, 3.63) is 215 Å². The SMILES string of the molecule is CCCCCCCCCCCCSC(=O)C[C@H](CC(=O)OCc1ccccc1)C(=O)OCc1ccccc1.O=C(O)C[C@H](CC(=O)OCc1ccccc1)C(=O)OCc1ccccc1.O=CC[C@H](CC(=O)OCc1ccccc1)C(=O)OCc1ccccc1. The number of hydrogen-bond donors (Lipinski definition) is 1. The second-order valence-corrected chi connectivity index (χ2v) is 22.2. The van der Waals surface area contributed by atoms with Crippen molar-refractivity contribution in [2.45, 2.75) is 149 Å². The lowest BCUT2D eigenvalue weighted by Gasteiger charge is -2.15. The first-order valence-electron chi connectivity index (χ1n) is 30.3. The van der Waals surface area contributed by atoms with E-state index in [2.05, 4.69) is 6.92 Å². The lowest BCUT2D eigenvalue weighted by atomic mass is 10.0. The third-order valence-corrected chi connectivity index (χ3v) is 14.6. The van der Waals surface area contributed by atoms with Gasteiger partial charge in [-0.05, 0) is 39.8 Å². The molecule has 0 aliphatic heterocycles. The molecular weight excluding hydrogens is 1150 g/mol. The van der Waals surface area contributed by atoms with Crippen molar-refractivity contribution >= 4 is 64.9 Å². The van der Waals surface area contributed by atoms with Crippen LogP contribution in [-0.2, 0) is 111 Å². The smallest absolute Gasteiger partial charge is 0.310 e. The third-order valence-electron chi connectivity index (χ3n) is 13.6. The molecule has 0 heterocycles. The Morgan fingerprint density at radius 1 is 0.360 bits per heavy atom. The second kappa shape index (κ2) is 45.6. The molecule has 0 saturated carbocycles. The molecule has 0 fully saturated rings. The Morgan fingerprint density at radius 3 is 0.933 bits per heavy atom. The molecule has 0 bridgehead atoms. The van der Waals surface area contributed by atoms with Gasteiger partial charge in [-0.3, -0.25) is 38.4 Å². The number of hydrogen-bond acceptors (Lipinski definition) is 16. The fourth-order valence-corrected chi connectivity index (χ4v) is 9.53. The summed E-state index contributed by atoms with van der Waals surface area (Å²) < 4.78 is 31.4. The van der Waals surface area contributed by atoms with Crippen LogP contribution in [0.1, 0.15) is 143 Å². The van der Waals surface area contributed by atoms with Gasteiger partial charge in [0.05, 0.1) is 43.4 Å². The Morgan fingerprint density at radius 2 is 0.629 bits per heavy atom. The number of benzene rings is 6. The summed E-state index contributed by atoms with van der Waals surface area (Å²) in [5, 5.41) is 8.89. The summed E-state index contributed by atoms with van der Waals surface area (Å²) in [7, 11) is 0. The molecule has 6 aromatic carbocycles. The van der Waals surface area contributed by atoms with Crippen molar-refractivity contribution in [3.63, 3.8) is 0 Å². The fraction of sp³-hybridized carbons (Fsp3) is 0.375. The molecule has 0 saturated heterocycles. The van der Waals surface area contributed by atoms with Gasteiger partial charge in [-0.1, -0.05) is 258 Å². The van der Waals surface area contributed by atoms with Gasteiger partial charge in [-0.15, -0.1) is 0 Å². The molecule has 0 aliphatic carbocycles. The highest BCUT2D eigenvalue weighted by molar-refractivity contribution is 8.13. The predicted molar refractivity (Wildman–Crippen MR) is 339 cm³/mol. The van der Waals surface area contributed by atoms with Gasteiger partial charge in [0.1, 0.15) is 45.9 Å². The highest BCUT2D eigenvalue weighted by Crippen LogP contribution is 2.22. The summed E-state index contributed by atoms with van der Waals surface area (Å²) in [6, 6.07) is 55.3. The fourth-order valence-electron chi connectivity index (χ4n) is 8.64. The molecule has 16 nitrogen and oxygen atoms in total. The highest BCUT2D eigenvalue weighted by Gasteiger charge is 2.29. The van der Waals surface area contributed by atoms with Crippen LogP contribution in [0.3, 0.4) is 0 Å². The zero-order chi connectivity index (χ0) is 63.9. The molecule has 6 rings (SSSR count). The summed E-state index contributed by atoms with van der Waals surface area (Å²) >= 11 is 1.25. The van der Waals surface area contributed by atoms with Crippen molar-refractivity contribution in [1.29, 1.82) is 0 Å². The number of esters is 6. The van der Waals surface area contributed by atoms with Gasteiger partial charge in [0.15, 0.2) is 5.12 Å². The maximum Gasteiger partial charge on any atom is 0.310 e. The largest absolute Gasteiger partial charge is 0.481 e. The predicted octanol–water partition coefficient (Wildman–Crippen LogP) is 14.1. The van der Waals surface area contributed by atoms with E-state index in [0.29, 0.717) is 6.29 Å². The molecule has 6 aromatic rings. The highest BCUT2D eigenvalue weighted by atomic mass is 32.2. The number of unbranched alkanes of at least 4 members (excludes halogenated alkanes) is 9. The van der Waals surface area contributed by atoms with Crippen molar-refractivity contribution < 1.29 is 76.7 Å². The molecule has 0 radical (unpaired) electrons. The van der Waals surface area contributed by atoms with Gasteiger partial charge in [0, 0.05) is 18.6 Å². The molecule has 17 heteroatoms. The van der Waals surface area contributed by atoms with E-state index in [-0.39, 0.29) is 76.9 Å². The van der Waals surface area contributed by atoms with Crippen LogP contribution in [0.2, 0.25) is 0 Å². The average molecular weight is 1240 g/mol. The van der Waals surface area contributed by atoms with Crippen molar-refractivity contribution in [1.82, 2.24) is 0 Å². The van der Waals surface area contributed by atoms with Crippen LogP contribution in [0.4, 0.5) is 0 Å². The van der Waals surface area contributed by atoms with E-state index in [9.17, 15) is 43.2 Å². The first kappa shape index (κ1) is 72.8. The third kappa shape index (κ3) is 34.4. The Balaban J connectivity index is 0.000000294. The van der Waals surface area contributed by atoms with E-state index in [1.807, 2.05) is 146 Å². The second-order valence-electron chi connectivity index (χ2n) is 21.0. The molecule has 0 spiro atoms. The topological polar surface area (TPSA) is 229 Å². The number of carboxylic acids is 1. The minimum absolute atomic E-state index is 0.0227. The first-order valence-corrected chi connectivity index (χ1v) is 31.3. The number of aldehydes is 1. The Labute approximate surface area is 527 Å². The summed E-state index contributed by atoms with van der Waals surface area (Å²) in [6.07, 6.45) is 11.8. The van der Waals surface area contributed by atoms with Gasteiger partial charge in [-0.25, -0.2) is 0 Å². The van der Waals surface area contributed by atoms with Crippen LogP contribution in [0.15, 0.2) is 182 Å². The summed E-state index contributed by atoms with van der Waals surface area (Å²) in [4.78, 5) is 108. The van der Waals surface area contributed by atoms with Crippen molar-refractivity contribution in [3.8, 4) is 0 Å². The molecule has 0 aromatic heterocycles. The summed E-state index contributed by atoms with van der Waals surface area (Å²) in [5.41, 5.74) is 5.01. The number of aliphatic carboxylic acids is 1. The Kier molecular flexibility index (Phi) is 37.3. The van der Waals surface area contributed by atoms with E-state index in [1.165, 1.54) is 63.1 Å². The van der Waals surface area contributed by atoms with Gasteiger partial charge >= 0.3 is 41.8 Å². The number of carbonyl (C=O) groups excluding carboxylic acids is 8. The van der Waals surface area contributed by atoms with Gasteiger partial charge < -0.3 is 38.3 Å². The Hall–Kier alpha value is -8.70. The molecule has 1 N–H and O–H groups in total. The van der Waals surface area contributed by atoms with Crippen LogP contribution in [0.25, 0.3) is 0 Å². The van der Waals surface area contributed by atoms with E-state index >= 15 is 0 Å². The van der Waals surface area contributed by atoms with Crippen LogP contribution in [-0.4, -0.2) is 64.0 Å². The molecule has 0 amide bonds. The van der Waals surface area contributed by atoms with Gasteiger partial charge in [-0.2, -0.15) is 0 Å². The van der Waals surface area contributed by atoms with E-state index in [0.717, 1.165) is 52.0 Å². The minimum atomic E-state index is -1.18. The van der Waals surface area contributed by atoms with Gasteiger partial charge in [0.2, 0.25) is 0 Å². The zero-order valence-corrected chi connectivity index (χ0v) is 51.7. The Bertz CT molecular complexity index is 2970. The maximum atomic E-state index is 12.8. The van der Waals surface area contributed by atoms with Crippen LogP contribution < -0.4 is 0 Å². The van der Waals surface area contributed by atoms with E-state index in [1.54, 1.807) is 36.4 Å². The maximum absolute atomic E-state index is 12.8. The number of carbonyl (C=O) groups is 9. The van der Waals surface area contributed by atoms with Crippen molar-refractivity contribution in [2.24, 2.45) is 17.8 Å². The van der Waals surface area contributed by atoms with Crippen molar-refractivity contribution in [2.75, 3.05) is 5.75 Å². The zero-order valence-electron chi connectivity index (χ0n) is 50.9. The number of thioether (sulfide) groups is 1. The summed E-state index contributed by atoms with van der Waals surface area (Å²) in [6.45, 7) is 2.80. The first-order chi connectivity index (χ1) is 43.3. The lowest BCUT2D eigenvalue weighted by molar-refractivity contribution is -0.159. The molecule has 0 aliphatic rings. The monoisotopic (exact) mass is 1240 g/mol. The average Bonchev–Trinajstić information content (AvgIpc) is 3.65. The number of carboxylic acid groups (broad SMARTS) is 1. The molecule has 3 atom stereocenters. The van der Waals surface area contributed by atoms with E-state index in [4.69, 9.17) is 33.5 Å². The molecule has 474 valence electrons. The minimum Gasteiger partial charge on any atom is -0.481 e. The summed E-state index contributed by atoms with van der Waals surface area (Å²) in [5.74, 6) is -6.74.